The molecule has 0 amide bonds. The van der Waals surface area contributed by atoms with Gasteiger partial charge in [-0.25, -0.2) is 0 Å². The first-order valence-electron chi connectivity index (χ1n) is 4.48. The predicted molar refractivity (Wildman–Crippen MR) is 39.0 cm³/mol. The molecule has 1 heterocycles. The van der Waals surface area contributed by atoms with Crippen molar-refractivity contribution < 1.29 is 14.3 Å². The third kappa shape index (κ3) is 0.667. The minimum absolute atomic E-state index is 0.0643. The zero-order chi connectivity index (χ0) is 8.34. The summed E-state index contributed by atoms with van der Waals surface area (Å²) in [6, 6.07) is 0. The molecule has 3 fully saturated rings. The topological polar surface area (TPSA) is 43.4 Å². The van der Waals surface area contributed by atoms with Gasteiger partial charge in [0, 0.05) is 0 Å². The fourth-order valence-electron chi connectivity index (χ4n) is 2.25. The molecular formula is C9H10O3. The molecule has 12 heavy (non-hydrogen) atoms. The Morgan fingerprint density at radius 3 is 2.58 bits per heavy atom. The molecular weight excluding hydrogens is 156 g/mol. The number of ether oxygens (including phenoxy) is 1. The molecule has 0 radical (unpaired) electrons. The lowest BCUT2D eigenvalue weighted by Crippen LogP contribution is -2.14. The van der Waals surface area contributed by atoms with Crippen LogP contribution in [0.5, 0.6) is 0 Å². The average Bonchev–Trinajstić information content (AvgIpc) is 2.84. The van der Waals surface area contributed by atoms with Gasteiger partial charge in [0.2, 0.25) is 0 Å². The van der Waals surface area contributed by atoms with Gasteiger partial charge >= 0.3 is 11.9 Å². The van der Waals surface area contributed by atoms with Gasteiger partial charge in [-0.05, 0) is 18.8 Å². The van der Waals surface area contributed by atoms with Crippen LogP contribution in [0, 0.1) is 17.3 Å². The van der Waals surface area contributed by atoms with Crippen molar-refractivity contribution in [2.45, 2.75) is 25.7 Å². The average molecular weight is 166 g/mol. The van der Waals surface area contributed by atoms with Crippen molar-refractivity contribution in [3.05, 3.63) is 0 Å². The van der Waals surface area contributed by atoms with Crippen LogP contribution in [0.3, 0.4) is 0 Å². The summed E-state index contributed by atoms with van der Waals surface area (Å²) in [6.07, 6.45) is 4.13. The molecule has 3 rings (SSSR count). The van der Waals surface area contributed by atoms with Crippen molar-refractivity contribution in [2.24, 2.45) is 17.3 Å². The minimum Gasteiger partial charge on any atom is -0.392 e. The lowest BCUT2D eigenvalue weighted by Gasteiger charge is -2.05. The van der Waals surface area contributed by atoms with E-state index in [-0.39, 0.29) is 23.3 Å². The van der Waals surface area contributed by atoms with Crippen LogP contribution >= 0.6 is 0 Å². The summed E-state index contributed by atoms with van der Waals surface area (Å²) in [5, 5.41) is 0. The number of carbonyl (C=O) groups is 2. The number of hydrogen-bond donors (Lipinski definition) is 0. The Labute approximate surface area is 70.1 Å². The van der Waals surface area contributed by atoms with Gasteiger partial charge in [0.25, 0.3) is 0 Å². The molecule has 1 saturated heterocycles. The lowest BCUT2D eigenvalue weighted by atomic mass is 9.98. The molecule has 0 bridgehead atoms. The summed E-state index contributed by atoms with van der Waals surface area (Å²) in [7, 11) is 0. The van der Waals surface area contributed by atoms with Crippen LogP contribution in [0.4, 0.5) is 0 Å². The largest absolute Gasteiger partial charge is 0.392 e. The molecule has 1 aliphatic heterocycles. The van der Waals surface area contributed by atoms with Gasteiger partial charge in [0.1, 0.15) is 0 Å². The van der Waals surface area contributed by atoms with Crippen LogP contribution in [0.2, 0.25) is 0 Å². The second-order valence-electron chi connectivity index (χ2n) is 4.27. The summed E-state index contributed by atoms with van der Waals surface area (Å²) in [6.45, 7) is 0. The summed E-state index contributed by atoms with van der Waals surface area (Å²) in [4.78, 5) is 22.3. The molecule has 0 aromatic heterocycles. The van der Waals surface area contributed by atoms with E-state index in [0.29, 0.717) is 5.92 Å². The molecule has 64 valence electrons. The Bertz CT molecular complexity index is 279. The number of rotatable bonds is 2. The van der Waals surface area contributed by atoms with E-state index < -0.39 is 0 Å². The third-order valence-electron chi connectivity index (χ3n) is 3.31. The van der Waals surface area contributed by atoms with E-state index in [9.17, 15) is 9.59 Å². The third-order valence-corrected chi connectivity index (χ3v) is 3.31. The number of hydrogen-bond acceptors (Lipinski definition) is 3. The molecule has 2 unspecified atom stereocenters. The molecule has 3 nitrogen and oxygen atoms in total. The van der Waals surface area contributed by atoms with Crippen LogP contribution < -0.4 is 0 Å². The molecule has 2 saturated carbocycles. The maximum atomic E-state index is 11.3. The van der Waals surface area contributed by atoms with Crippen LogP contribution in [-0.4, -0.2) is 11.9 Å². The van der Waals surface area contributed by atoms with Crippen molar-refractivity contribution >= 4 is 11.9 Å². The van der Waals surface area contributed by atoms with Crippen molar-refractivity contribution in [1.82, 2.24) is 0 Å². The summed E-state index contributed by atoms with van der Waals surface area (Å²) < 4.78 is 4.58. The minimum atomic E-state index is -0.335. The van der Waals surface area contributed by atoms with E-state index in [0.717, 1.165) is 12.8 Å². The zero-order valence-electron chi connectivity index (χ0n) is 6.71. The zero-order valence-corrected chi connectivity index (χ0v) is 6.71. The monoisotopic (exact) mass is 166 g/mol. The van der Waals surface area contributed by atoms with Crippen molar-refractivity contribution in [3.8, 4) is 0 Å². The Balaban J connectivity index is 1.83. The highest BCUT2D eigenvalue weighted by atomic mass is 16.6. The number of fused-ring (bicyclic) bond motifs is 1. The Hall–Kier alpha value is -0.860. The highest BCUT2D eigenvalue weighted by Crippen LogP contribution is 2.64. The molecule has 3 heteroatoms. The number of cyclic esters (lactones) is 2. The van der Waals surface area contributed by atoms with Gasteiger partial charge in [-0.1, -0.05) is 12.8 Å². The smallest absolute Gasteiger partial charge is 0.320 e. The summed E-state index contributed by atoms with van der Waals surface area (Å²) in [5.41, 5.74) is -0.335. The SMILES string of the molecule is O=C1OC(=O)C2(CC3CC3)CC12. The molecule has 0 N–H and O–H groups in total. The second-order valence-corrected chi connectivity index (χ2v) is 4.27. The summed E-state index contributed by atoms with van der Waals surface area (Å²) >= 11 is 0. The van der Waals surface area contributed by atoms with E-state index in [1.165, 1.54) is 12.8 Å². The normalized spacial score (nSPS) is 44.2. The Morgan fingerprint density at radius 2 is 2.17 bits per heavy atom. The molecule has 0 aromatic carbocycles. The first kappa shape index (κ1) is 6.63. The maximum Gasteiger partial charge on any atom is 0.320 e. The molecule has 0 aromatic rings. The molecule has 3 aliphatic rings. The fourth-order valence-corrected chi connectivity index (χ4v) is 2.25. The second kappa shape index (κ2) is 1.73. The van der Waals surface area contributed by atoms with Gasteiger partial charge in [-0.15, -0.1) is 0 Å². The van der Waals surface area contributed by atoms with Gasteiger partial charge in [0.15, 0.2) is 0 Å². The van der Waals surface area contributed by atoms with Gasteiger partial charge in [-0.2, -0.15) is 0 Å². The molecule has 2 atom stereocenters. The van der Waals surface area contributed by atoms with E-state index in [4.69, 9.17) is 0 Å². The quantitative estimate of drug-likeness (QED) is 0.451. The van der Waals surface area contributed by atoms with Crippen LogP contribution in [0.15, 0.2) is 0 Å². The highest BCUT2D eigenvalue weighted by molar-refractivity contribution is 6.03. The van der Waals surface area contributed by atoms with E-state index in [1.807, 2.05) is 0 Å². The van der Waals surface area contributed by atoms with E-state index >= 15 is 0 Å². The van der Waals surface area contributed by atoms with Crippen molar-refractivity contribution in [3.63, 3.8) is 0 Å². The first-order chi connectivity index (χ1) is 5.72. The van der Waals surface area contributed by atoms with Crippen molar-refractivity contribution in [1.29, 1.82) is 0 Å². The van der Waals surface area contributed by atoms with Crippen LogP contribution in [0.1, 0.15) is 25.7 Å². The predicted octanol–water partition coefficient (Wildman–Crippen LogP) is 0.876. The molecule has 0 spiro atoms. The maximum absolute atomic E-state index is 11.3. The fraction of sp³-hybridized carbons (Fsp3) is 0.778. The van der Waals surface area contributed by atoms with Gasteiger partial charge in [0.05, 0.1) is 11.3 Å². The van der Waals surface area contributed by atoms with E-state index in [1.54, 1.807) is 0 Å². The van der Waals surface area contributed by atoms with Gasteiger partial charge in [-0.3, -0.25) is 9.59 Å². The van der Waals surface area contributed by atoms with Crippen molar-refractivity contribution in [2.75, 3.05) is 0 Å². The number of carbonyl (C=O) groups excluding carboxylic acids is 2. The van der Waals surface area contributed by atoms with Crippen LogP contribution in [0.25, 0.3) is 0 Å². The van der Waals surface area contributed by atoms with Crippen LogP contribution in [-0.2, 0) is 14.3 Å². The molecule has 2 aliphatic carbocycles. The Kier molecular flexibility index (Phi) is 0.955. The standard InChI is InChI=1S/C9H10O3/c10-7-6-4-9(6,8(11)12-7)3-5-1-2-5/h5-6H,1-4H2. The van der Waals surface area contributed by atoms with E-state index in [2.05, 4.69) is 4.74 Å². The summed E-state index contributed by atoms with van der Waals surface area (Å²) in [5.74, 6) is 0.115. The lowest BCUT2D eigenvalue weighted by molar-refractivity contribution is -0.157. The highest BCUT2D eigenvalue weighted by Gasteiger charge is 2.71. The Morgan fingerprint density at radius 1 is 1.42 bits per heavy atom. The van der Waals surface area contributed by atoms with Gasteiger partial charge < -0.3 is 4.74 Å². The number of esters is 2. The first-order valence-corrected chi connectivity index (χ1v) is 4.48.